The molecule has 0 saturated heterocycles. The summed E-state index contributed by atoms with van der Waals surface area (Å²) in [4.78, 5) is 30.2. The van der Waals surface area contributed by atoms with E-state index < -0.39 is 11.5 Å². The molecular weight excluding hydrogens is 540 g/mol. The number of methoxy groups -OCH3 is 1. The van der Waals surface area contributed by atoms with Gasteiger partial charge < -0.3 is 24.6 Å². The van der Waals surface area contributed by atoms with Crippen LogP contribution in [0.3, 0.4) is 0 Å². The Morgan fingerprint density at radius 1 is 0.953 bits per heavy atom. The Balaban J connectivity index is 1.45. The van der Waals surface area contributed by atoms with Crippen molar-refractivity contribution < 1.29 is 19.1 Å². The minimum atomic E-state index is -0.650. The van der Waals surface area contributed by atoms with E-state index in [1.54, 1.807) is 43.5 Å². The first-order valence-corrected chi connectivity index (χ1v) is 14.2. The van der Waals surface area contributed by atoms with E-state index in [1.165, 1.54) is 0 Å². The van der Waals surface area contributed by atoms with Crippen molar-refractivity contribution in [3.8, 4) is 11.5 Å². The molecule has 7 nitrogen and oxygen atoms in total. The summed E-state index contributed by atoms with van der Waals surface area (Å²) in [6, 6.07) is 28.2. The van der Waals surface area contributed by atoms with Crippen molar-refractivity contribution in [1.82, 2.24) is 10.3 Å². The Labute approximate surface area is 248 Å². The largest absolute Gasteiger partial charge is 0.507 e. The van der Waals surface area contributed by atoms with E-state index in [0.29, 0.717) is 35.2 Å². The lowest BCUT2D eigenvalue weighted by Gasteiger charge is -2.20. The van der Waals surface area contributed by atoms with E-state index in [0.717, 1.165) is 38.9 Å². The van der Waals surface area contributed by atoms with Gasteiger partial charge >= 0.3 is 5.63 Å². The fourth-order valence-electron chi connectivity index (χ4n) is 5.79. The average Bonchev–Trinajstić information content (AvgIpc) is 3.37. The molecule has 0 radical (unpaired) electrons. The highest BCUT2D eigenvalue weighted by molar-refractivity contribution is 5.96. The predicted octanol–water partition coefficient (Wildman–Crippen LogP) is 6.76. The number of carbonyl (C=O) groups excluding carboxylic acids is 1. The van der Waals surface area contributed by atoms with Gasteiger partial charge in [0.2, 0.25) is 0 Å². The van der Waals surface area contributed by atoms with Gasteiger partial charge in [0.05, 0.1) is 24.0 Å². The number of H-pyrrole nitrogens is 1. The lowest BCUT2D eigenvalue weighted by atomic mass is 9.85. The van der Waals surface area contributed by atoms with Crippen LogP contribution >= 0.6 is 0 Å². The standard InChI is InChI=1S/C36H32N2O5/c1-21-12-14-23(15-13-21)31(32-34(39)28-9-5-7-11-30(28)43-36(32)41)33-27(26-8-4-6-10-29(26)38-33)18-19-37-35(40)25-17-16-24(42-3)20-22(25)2/h4-17,20,31,38-39H,18-19H2,1-3H3,(H,37,40). The Hall–Kier alpha value is -5.30. The molecule has 2 heterocycles. The number of aryl methyl sites for hydroxylation is 2. The fraction of sp³-hybridized carbons (Fsp3) is 0.167. The van der Waals surface area contributed by atoms with Crippen molar-refractivity contribution in [2.24, 2.45) is 0 Å². The van der Waals surface area contributed by atoms with Crippen molar-refractivity contribution in [2.45, 2.75) is 26.2 Å². The Morgan fingerprint density at radius 3 is 2.42 bits per heavy atom. The maximum Gasteiger partial charge on any atom is 0.344 e. The average molecular weight is 573 g/mol. The number of fused-ring (bicyclic) bond motifs is 2. The van der Waals surface area contributed by atoms with Crippen molar-refractivity contribution in [3.63, 3.8) is 0 Å². The summed E-state index contributed by atoms with van der Waals surface area (Å²) in [6.07, 6.45) is 0.488. The molecule has 1 amide bonds. The molecule has 6 rings (SSSR count). The van der Waals surface area contributed by atoms with E-state index in [9.17, 15) is 14.7 Å². The zero-order valence-electron chi connectivity index (χ0n) is 24.2. The molecular formula is C36H32N2O5. The maximum atomic E-state index is 13.6. The van der Waals surface area contributed by atoms with Crippen LogP contribution in [0.4, 0.5) is 0 Å². The topological polar surface area (TPSA) is 105 Å². The van der Waals surface area contributed by atoms with Crippen LogP contribution in [0.2, 0.25) is 0 Å². The first-order chi connectivity index (χ1) is 20.9. The molecule has 216 valence electrons. The minimum Gasteiger partial charge on any atom is -0.507 e. The van der Waals surface area contributed by atoms with Gasteiger partial charge in [-0.3, -0.25) is 4.79 Å². The summed E-state index contributed by atoms with van der Waals surface area (Å²) in [5, 5.41) is 16.0. The van der Waals surface area contributed by atoms with Crippen LogP contribution in [0.1, 0.15) is 49.8 Å². The summed E-state index contributed by atoms with van der Waals surface area (Å²) in [5.41, 5.74) is 5.79. The first-order valence-electron chi connectivity index (χ1n) is 14.2. The molecule has 0 aliphatic rings. The van der Waals surface area contributed by atoms with Gasteiger partial charge in [-0.05, 0) is 73.4 Å². The molecule has 4 aromatic carbocycles. The zero-order chi connectivity index (χ0) is 30.1. The highest BCUT2D eigenvalue weighted by atomic mass is 16.5. The number of amides is 1. The van der Waals surface area contributed by atoms with Gasteiger partial charge in [0.25, 0.3) is 5.91 Å². The molecule has 0 bridgehead atoms. The first kappa shape index (κ1) is 27.8. The number of aromatic hydroxyl groups is 1. The van der Waals surface area contributed by atoms with Crippen molar-refractivity contribution in [1.29, 1.82) is 0 Å². The summed E-state index contributed by atoms with van der Waals surface area (Å²) in [6.45, 7) is 4.24. The fourth-order valence-corrected chi connectivity index (χ4v) is 5.79. The van der Waals surface area contributed by atoms with Crippen molar-refractivity contribution in [2.75, 3.05) is 13.7 Å². The summed E-state index contributed by atoms with van der Waals surface area (Å²) in [5.74, 6) is -0.237. The number of aromatic nitrogens is 1. The van der Waals surface area contributed by atoms with Crippen molar-refractivity contribution >= 4 is 27.8 Å². The van der Waals surface area contributed by atoms with E-state index in [-0.39, 0.29) is 17.2 Å². The molecule has 0 aliphatic heterocycles. The molecule has 0 aliphatic carbocycles. The second kappa shape index (κ2) is 11.5. The van der Waals surface area contributed by atoms with Crippen LogP contribution in [0, 0.1) is 13.8 Å². The monoisotopic (exact) mass is 572 g/mol. The Morgan fingerprint density at radius 2 is 1.67 bits per heavy atom. The smallest absolute Gasteiger partial charge is 0.344 e. The molecule has 1 atom stereocenters. The van der Waals surface area contributed by atoms with Gasteiger partial charge in [0.15, 0.2) is 0 Å². The third-order valence-electron chi connectivity index (χ3n) is 7.99. The molecule has 6 aromatic rings. The van der Waals surface area contributed by atoms with Crippen LogP contribution in [0.25, 0.3) is 21.9 Å². The number of benzene rings is 4. The number of hydrogen-bond donors (Lipinski definition) is 3. The lowest BCUT2D eigenvalue weighted by Crippen LogP contribution is -2.27. The second-order valence-corrected chi connectivity index (χ2v) is 10.7. The lowest BCUT2D eigenvalue weighted by molar-refractivity contribution is 0.0953. The molecule has 0 spiro atoms. The minimum absolute atomic E-state index is 0.106. The normalized spacial score (nSPS) is 12.0. The number of rotatable bonds is 8. The number of para-hydroxylation sites is 2. The highest BCUT2D eigenvalue weighted by Gasteiger charge is 2.30. The number of hydrogen-bond acceptors (Lipinski definition) is 5. The van der Waals surface area contributed by atoms with Crippen LogP contribution in [-0.4, -0.2) is 29.7 Å². The summed E-state index contributed by atoms with van der Waals surface area (Å²) < 4.78 is 11.0. The predicted molar refractivity (Wildman–Crippen MR) is 168 cm³/mol. The summed E-state index contributed by atoms with van der Waals surface area (Å²) in [7, 11) is 1.60. The van der Waals surface area contributed by atoms with Crippen molar-refractivity contribution in [3.05, 3.63) is 140 Å². The molecule has 3 N–H and O–H groups in total. The molecule has 2 aromatic heterocycles. The third-order valence-corrected chi connectivity index (χ3v) is 7.99. The molecule has 0 fully saturated rings. The maximum absolute atomic E-state index is 13.6. The quantitative estimate of drug-likeness (QED) is 0.175. The van der Waals surface area contributed by atoms with Crippen LogP contribution in [0.15, 0.2) is 100 Å². The van der Waals surface area contributed by atoms with Gasteiger partial charge in [-0.1, -0.05) is 60.2 Å². The number of aromatic amines is 1. The molecule has 7 heteroatoms. The van der Waals surface area contributed by atoms with Gasteiger partial charge in [0, 0.05) is 28.7 Å². The highest BCUT2D eigenvalue weighted by Crippen LogP contribution is 2.41. The molecule has 1 unspecified atom stereocenters. The second-order valence-electron chi connectivity index (χ2n) is 10.7. The summed E-state index contributed by atoms with van der Waals surface area (Å²) >= 11 is 0. The Bertz CT molecular complexity index is 2020. The van der Waals surface area contributed by atoms with Gasteiger partial charge in [-0.2, -0.15) is 0 Å². The van der Waals surface area contributed by atoms with E-state index in [4.69, 9.17) is 9.15 Å². The SMILES string of the molecule is COc1ccc(C(=O)NCCc2c(C(c3ccc(C)cc3)c3c(O)c4ccccc4oc3=O)[nH]c3ccccc23)c(C)c1. The molecule has 43 heavy (non-hydrogen) atoms. The number of carbonyl (C=O) groups is 1. The van der Waals surface area contributed by atoms with Gasteiger partial charge in [0.1, 0.15) is 17.1 Å². The zero-order valence-corrected chi connectivity index (χ0v) is 24.2. The van der Waals surface area contributed by atoms with Crippen LogP contribution < -0.4 is 15.7 Å². The van der Waals surface area contributed by atoms with E-state index in [1.807, 2.05) is 68.4 Å². The van der Waals surface area contributed by atoms with Crippen LogP contribution in [0.5, 0.6) is 11.5 Å². The van der Waals surface area contributed by atoms with Gasteiger partial charge in [-0.15, -0.1) is 0 Å². The van der Waals surface area contributed by atoms with Gasteiger partial charge in [-0.25, -0.2) is 4.79 Å². The number of ether oxygens (including phenoxy) is 1. The van der Waals surface area contributed by atoms with E-state index >= 15 is 0 Å². The van der Waals surface area contributed by atoms with Crippen LogP contribution in [-0.2, 0) is 6.42 Å². The van der Waals surface area contributed by atoms with E-state index in [2.05, 4.69) is 10.3 Å². The number of nitrogens with one attached hydrogen (secondary N) is 2. The molecule has 0 saturated carbocycles. The Kier molecular flexibility index (Phi) is 7.47. The third kappa shape index (κ3) is 5.26.